The molecule has 3 heteroatoms. The standard InChI is InChI=1S/C9H19NO2/c1-6(2)8(10-5)9(11)12-7(3)4/h6-8,10H,1-5H3/t8-/m0/s1. The Morgan fingerprint density at radius 2 is 1.75 bits per heavy atom. The van der Waals surface area contributed by atoms with E-state index in [9.17, 15) is 4.79 Å². The molecule has 0 fully saturated rings. The van der Waals surface area contributed by atoms with Gasteiger partial charge < -0.3 is 10.1 Å². The van der Waals surface area contributed by atoms with Crippen molar-refractivity contribution in [1.82, 2.24) is 5.32 Å². The van der Waals surface area contributed by atoms with Crippen molar-refractivity contribution in [3.8, 4) is 0 Å². The van der Waals surface area contributed by atoms with Crippen molar-refractivity contribution < 1.29 is 9.53 Å². The van der Waals surface area contributed by atoms with Gasteiger partial charge in [-0.1, -0.05) is 13.8 Å². The molecular formula is C9H19NO2. The van der Waals surface area contributed by atoms with E-state index in [1.165, 1.54) is 0 Å². The lowest BCUT2D eigenvalue weighted by Gasteiger charge is -2.19. The second-order valence-electron chi connectivity index (χ2n) is 3.50. The largest absolute Gasteiger partial charge is 0.462 e. The highest BCUT2D eigenvalue weighted by molar-refractivity contribution is 5.76. The van der Waals surface area contributed by atoms with Gasteiger partial charge in [0.25, 0.3) is 0 Å². The highest BCUT2D eigenvalue weighted by Gasteiger charge is 2.21. The number of ether oxygens (including phenoxy) is 1. The minimum absolute atomic E-state index is 0.0351. The zero-order valence-corrected chi connectivity index (χ0v) is 8.55. The first-order valence-corrected chi connectivity index (χ1v) is 4.36. The third kappa shape index (κ3) is 3.72. The Morgan fingerprint density at radius 3 is 2.00 bits per heavy atom. The molecule has 0 rings (SSSR count). The number of likely N-dealkylation sites (N-methyl/N-ethyl adjacent to an activating group) is 1. The summed E-state index contributed by atoms with van der Waals surface area (Å²) < 4.78 is 5.06. The monoisotopic (exact) mass is 173 g/mol. The topological polar surface area (TPSA) is 38.3 Å². The minimum atomic E-state index is -0.188. The first-order valence-electron chi connectivity index (χ1n) is 4.36. The molecule has 72 valence electrons. The molecule has 0 bridgehead atoms. The van der Waals surface area contributed by atoms with Crippen molar-refractivity contribution in [2.75, 3.05) is 7.05 Å². The molecule has 0 aromatic rings. The summed E-state index contributed by atoms with van der Waals surface area (Å²) in [5, 5.41) is 2.93. The Hall–Kier alpha value is -0.570. The average molecular weight is 173 g/mol. The number of nitrogens with one attached hydrogen (secondary N) is 1. The van der Waals surface area contributed by atoms with Crippen LogP contribution in [-0.4, -0.2) is 25.2 Å². The normalized spacial score (nSPS) is 13.6. The molecule has 0 aliphatic heterocycles. The molecule has 0 amide bonds. The maximum absolute atomic E-state index is 11.3. The van der Waals surface area contributed by atoms with Crippen molar-refractivity contribution in [2.45, 2.75) is 39.8 Å². The van der Waals surface area contributed by atoms with E-state index in [1.54, 1.807) is 7.05 Å². The lowest BCUT2D eigenvalue weighted by Crippen LogP contribution is -2.40. The van der Waals surface area contributed by atoms with Gasteiger partial charge in [-0.05, 0) is 26.8 Å². The zero-order valence-electron chi connectivity index (χ0n) is 8.55. The van der Waals surface area contributed by atoms with Crippen molar-refractivity contribution in [2.24, 2.45) is 5.92 Å². The lowest BCUT2D eigenvalue weighted by molar-refractivity contribution is -0.151. The van der Waals surface area contributed by atoms with Gasteiger partial charge >= 0.3 is 5.97 Å². The van der Waals surface area contributed by atoms with Crippen LogP contribution in [0.1, 0.15) is 27.7 Å². The minimum Gasteiger partial charge on any atom is -0.462 e. The Bertz CT molecular complexity index is 143. The van der Waals surface area contributed by atoms with Crippen LogP contribution in [-0.2, 0) is 9.53 Å². The van der Waals surface area contributed by atoms with E-state index in [1.807, 2.05) is 27.7 Å². The van der Waals surface area contributed by atoms with Crippen LogP contribution in [0.2, 0.25) is 0 Å². The fraction of sp³-hybridized carbons (Fsp3) is 0.889. The van der Waals surface area contributed by atoms with Gasteiger partial charge in [0, 0.05) is 0 Å². The molecule has 0 aliphatic rings. The molecule has 0 saturated heterocycles. The molecule has 1 N–H and O–H groups in total. The Morgan fingerprint density at radius 1 is 1.25 bits per heavy atom. The molecule has 0 aliphatic carbocycles. The van der Waals surface area contributed by atoms with Crippen LogP contribution >= 0.6 is 0 Å². The smallest absolute Gasteiger partial charge is 0.323 e. The van der Waals surface area contributed by atoms with Crippen LogP contribution in [0.15, 0.2) is 0 Å². The van der Waals surface area contributed by atoms with Crippen LogP contribution < -0.4 is 5.32 Å². The third-order valence-corrected chi connectivity index (χ3v) is 1.58. The molecule has 0 aromatic carbocycles. The summed E-state index contributed by atoms with van der Waals surface area (Å²) in [6, 6.07) is -0.188. The molecule has 3 nitrogen and oxygen atoms in total. The molecule has 12 heavy (non-hydrogen) atoms. The predicted molar refractivity (Wildman–Crippen MR) is 48.9 cm³/mol. The zero-order chi connectivity index (χ0) is 9.72. The first-order chi connectivity index (χ1) is 5.49. The summed E-state index contributed by atoms with van der Waals surface area (Å²) in [5.74, 6) is 0.101. The van der Waals surface area contributed by atoms with Gasteiger partial charge in [0.15, 0.2) is 0 Å². The Balaban J connectivity index is 4.04. The van der Waals surface area contributed by atoms with E-state index in [0.29, 0.717) is 0 Å². The SMILES string of the molecule is CN[C@H](C(=O)OC(C)C)C(C)C. The van der Waals surface area contributed by atoms with Gasteiger partial charge in [-0.3, -0.25) is 4.79 Å². The maximum atomic E-state index is 11.3. The predicted octanol–water partition coefficient (Wildman–Crippen LogP) is 1.18. The number of rotatable bonds is 4. The van der Waals surface area contributed by atoms with Crippen LogP contribution in [0.5, 0.6) is 0 Å². The second kappa shape index (κ2) is 5.14. The van der Waals surface area contributed by atoms with Crippen molar-refractivity contribution >= 4 is 5.97 Å². The van der Waals surface area contributed by atoms with Gasteiger partial charge in [-0.2, -0.15) is 0 Å². The molecule has 0 heterocycles. The lowest BCUT2D eigenvalue weighted by atomic mass is 10.1. The number of hydrogen-bond acceptors (Lipinski definition) is 3. The summed E-state index contributed by atoms with van der Waals surface area (Å²) >= 11 is 0. The van der Waals surface area contributed by atoms with E-state index in [0.717, 1.165) is 0 Å². The first kappa shape index (κ1) is 11.4. The van der Waals surface area contributed by atoms with E-state index >= 15 is 0 Å². The highest BCUT2D eigenvalue weighted by Crippen LogP contribution is 2.04. The summed E-state index contributed by atoms with van der Waals surface area (Å²) in [4.78, 5) is 11.3. The summed E-state index contributed by atoms with van der Waals surface area (Å²) in [7, 11) is 1.77. The third-order valence-electron chi connectivity index (χ3n) is 1.58. The summed E-state index contributed by atoms with van der Waals surface area (Å²) in [5.41, 5.74) is 0. The van der Waals surface area contributed by atoms with Crippen molar-refractivity contribution in [1.29, 1.82) is 0 Å². The fourth-order valence-corrected chi connectivity index (χ4v) is 1.03. The molecule has 1 atom stereocenters. The van der Waals surface area contributed by atoms with E-state index in [2.05, 4.69) is 5.32 Å². The second-order valence-corrected chi connectivity index (χ2v) is 3.50. The number of hydrogen-bond donors (Lipinski definition) is 1. The molecule has 0 spiro atoms. The van der Waals surface area contributed by atoms with E-state index in [-0.39, 0.29) is 24.0 Å². The molecule has 0 unspecified atom stereocenters. The average Bonchev–Trinajstić information content (AvgIpc) is 1.85. The quantitative estimate of drug-likeness (QED) is 0.649. The van der Waals surface area contributed by atoms with Crippen LogP contribution in [0.4, 0.5) is 0 Å². The van der Waals surface area contributed by atoms with Crippen molar-refractivity contribution in [3.63, 3.8) is 0 Å². The highest BCUT2D eigenvalue weighted by atomic mass is 16.5. The molecule has 0 radical (unpaired) electrons. The summed E-state index contributed by atoms with van der Waals surface area (Å²) in [6.07, 6.45) is -0.0351. The molecule has 0 saturated carbocycles. The Kier molecular flexibility index (Phi) is 4.90. The van der Waals surface area contributed by atoms with Gasteiger partial charge in [0.1, 0.15) is 6.04 Å². The number of carbonyl (C=O) groups excluding carboxylic acids is 1. The maximum Gasteiger partial charge on any atom is 0.323 e. The van der Waals surface area contributed by atoms with E-state index in [4.69, 9.17) is 4.74 Å². The van der Waals surface area contributed by atoms with Gasteiger partial charge in [0.2, 0.25) is 0 Å². The Labute approximate surface area is 74.5 Å². The number of esters is 1. The van der Waals surface area contributed by atoms with Gasteiger partial charge in [0.05, 0.1) is 6.10 Å². The van der Waals surface area contributed by atoms with Gasteiger partial charge in [-0.25, -0.2) is 0 Å². The molecule has 0 aromatic heterocycles. The summed E-state index contributed by atoms with van der Waals surface area (Å²) in [6.45, 7) is 7.68. The van der Waals surface area contributed by atoms with Crippen molar-refractivity contribution in [3.05, 3.63) is 0 Å². The fourth-order valence-electron chi connectivity index (χ4n) is 1.03. The molecular weight excluding hydrogens is 154 g/mol. The number of carbonyl (C=O) groups is 1. The van der Waals surface area contributed by atoms with Gasteiger partial charge in [-0.15, -0.1) is 0 Å². The van der Waals surface area contributed by atoms with Crippen LogP contribution in [0.25, 0.3) is 0 Å². The van der Waals surface area contributed by atoms with Crippen LogP contribution in [0.3, 0.4) is 0 Å². The van der Waals surface area contributed by atoms with Crippen LogP contribution in [0, 0.1) is 5.92 Å². The van der Waals surface area contributed by atoms with E-state index < -0.39 is 0 Å².